The number of nitrogens with one attached hydrogen (secondary N) is 1. The van der Waals surface area contributed by atoms with E-state index in [1.54, 1.807) is 13.0 Å². The summed E-state index contributed by atoms with van der Waals surface area (Å²) in [4.78, 5) is 27.6. The van der Waals surface area contributed by atoms with Crippen LogP contribution in [-0.2, 0) is 5.92 Å². The van der Waals surface area contributed by atoms with Crippen LogP contribution in [0.2, 0.25) is 0 Å². The third-order valence-corrected chi connectivity index (χ3v) is 5.82. The Hall–Kier alpha value is -4.62. The van der Waals surface area contributed by atoms with Gasteiger partial charge < -0.3 is 10.1 Å². The van der Waals surface area contributed by atoms with Crippen molar-refractivity contribution in [1.82, 2.24) is 14.6 Å². The average Bonchev–Trinajstić information content (AvgIpc) is 3.24. The van der Waals surface area contributed by atoms with Crippen LogP contribution in [0.25, 0.3) is 5.65 Å². The van der Waals surface area contributed by atoms with Crippen LogP contribution in [0.3, 0.4) is 0 Å². The molecule has 4 rings (SSSR count). The Labute approximate surface area is 217 Å². The molecule has 0 radical (unpaired) electrons. The lowest BCUT2D eigenvalue weighted by molar-refractivity contribution is -0.384. The largest absolute Gasteiger partial charge is 0.459 e. The number of aromatic nitrogens is 3. The van der Waals surface area contributed by atoms with E-state index in [1.807, 2.05) is 19.9 Å². The summed E-state index contributed by atoms with van der Waals surface area (Å²) in [6.45, 7) is 6.74. The van der Waals surface area contributed by atoms with Crippen LogP contribution in [0.4, 0.5) is 33.3 Å². The first-order valence-corrected chi connectivity index (χ1v) is 11.3. The lowest BCUT2D eigenvalue weighted by Gasteiger charge is -2.20. The third-order valence-electron chi connectivity index (χ3n) is 5.82. The summed E-state index contributed by atoms with van der Waals surface area (Å²) < 4.78 is 73.5. The highest BCUT2D eigenvalue weighted by molar-refractivity contribution is 6.03. The number of aryl methyl sites for hydroxylation is 3. The lowest BCUT2D eigenvalue weighted by Crippen LogP contribution is -2.36. The smallest absolute Gasteiger partial charge is 0.457 e. The van der Waals surface area contributed by atoms with Gasteiger partial charge in [-0.05, 0) is 56.5 Å². The van der Waals surface area contributed by atoms with Crippen molar-refractivity contribution < 1.29 is 36.4 Å². The molecule has 39 heavy (non-hydrogen) atoms. The Kier molecular flexibility index (Phi) is 6.75. The van der Waals surface area contributed by atoms with Gasteiger partial charge in [0, 0.05) is 23.9 Å². The van der Waals surface area contributed by atoms with E-state index in [4.69, 9.17) is 4.74 Å². The van der Waals surface area contributed by atoms with Gasteiger partial charge in [0.1, 0.15) is 17.2 Å². The summed E-state index contributed by atoms with van der Waals surface area (Å²) in [5.41, 5.74) is -0.580. The zero-order valence-corrected chi connectivity index (χ0v) is 20.9. The number of carbonyl (C=O) groups excluding carboxylic acids is 1. The van der Waals surface area contributed by atoms with Crippen LogP contribution in [0.5, 0.6) is 11.5 Å². The molecule has 0 spiro atoms. The Balaban J connectivity index is 1.71. The van der Waals surface area contributed by atoms with Crippen LogP contribution in [0.15, 0.2) is 42.5 Å². The number of carbonyl (C=O) groups is 1. The minimum absolute atomic E-state index is 0.0204. The maximum absolute atomic E-state index is 14.2. The van der Waals surface area contributed by atoms with Gasteiger partial charge in [-0.15, -0.1) is 0 Å². The molecule has 0 unspecified atom stereocenters. The second kappa shape index (κ2) is 9.60. The maximum Gasteiger partial charge on any atom is 0.459 e. The number of hydrogen-bond acceptors (Lipinski definition) is 6. The summed E-state index contributed by atoms with van der Waals surface area (Å²) in [6.07, 6.45) is -5.92. The highest BCUT2D eigenvalue weighted by Crippen LogP contribution is 2.44. The van der Waals surface area contributed by atoms with Crippen molar-refractivity contribution in [3.05, 3.63) is 86.4 Å². The van der Waals surface area contributed by atoms with E-state index in [2.05, 4.69) is 15.4 Å². The fourth-order valence-electron chi connectivity index (χ4n) is 3.83. The molecule has 2 aromatic heterocycles. The molecule has 204 valence electrons. The van der Waals surface area contributed by atoms with Gasteiger partial charge in [0.25, 0.3) is 11.6 Å². The number of anilines is 1. The summed E-state index contributed by atoms with van der Waals surface area (Å²) in [5, 5.41) is 17.5. The number of hydrogen-bond donors (Lipinski definition) is 1. The fraction of sp³-hybridized carbons (Fsp3) is 0.240. The van der Waals surface area contributed by atoms with Crippen molar-refractivity contribution in [2.24, 2.45) is 0 Å². The number of nitro benzene ring substituents is 1. The number of fused-ring (bicyclic) bond motifs is 1. The Morgan fingerprint density at radius 2 is 1.69 bits per heavy atom. The molecule has 14 heteroatoms. The number of nitro groups is 1. The van der Waals surface area contributed by atoms with E-state index in [0.717, 1.165) is 34.9 Å². The molecule has 4 aromatic rings. The molecular formula is C25H20F5N5O4. The summed E-state index contributed by atoms with van der Waals surface area (Å²) in [7, 11) is 0. The first kappa shape index (κ1) is 27.4. The molecule has 0 aliphatic carbocycles. The first-order chi connectivity index (χ1) is 18.1. The monoisotopic (exact) mass is 549 g/mol. The zero-order chi connectivity index (χ0) is 28.9. The van der Waals surface area contributed by atoms with Gasteiger partial charge in [0.05, 0.1) is 16.7 Å². The van der Waals surface area contributed by atoms with Crippen molar-refractivity contribution in [3.63, 3.8) is 0 Å². The van der Waals surface area contributed by atoms with Gasteiger partial charge in [-0.3, -0.25) is 14.9 Å². The Morgan fingerprint density at radius 1 is 1.00 bits per heavy atom. The molecule has 1 amide bonds. The minimum atomic E-state index is -5.92. The van der Waals surface area contributed by atoms with E-state index in [9.17, 15) is 36.9 Å². The number of halogens is 5. The van der Waals surface area contributed by atoms with E-state index >= 15 is 0 Å². The molecule has 9 nitrogen and oxygen atoms in total. The van der Waals surface area contributed by atoms with Crippen LogP contribution >= 0.6 is 0 Å². The molecule has 0 saturated heterocycles. The molecule has 1 N–H and O–H groups in total. The highest BCUT2D eigenvalue weighted by Gasteiger charge is 2.60. The van der Waals surface area contributed by atoms with Crippen molar-refractivity contribution in [2.45, 2.75) is 39.8 Å². The Morgan fingerprint density at radius 3 is 2.33 bits per heavy atom. The number of nitrogens with zero attached hydrogens (tertiary/aromatic N) is 4. The third kappa shape index (κ3) is 5.35. The predicted octanol–water partition coefficient (Wildman–Crippen LogP) is 6.57. The molecule has 0 aliphatic heterocycles. The standard InChI is InChI=1S/C25H20F5N5O4/c1-12-5-13(2)15(4)20(6-12)39-18-9-16(8-17(10-18)35(37)38)32-23(36)19-11-22-31-14(3)7-21(34(22)33-19)24(26,27)25(28,29)30/h5-11H,1-4H3,(H,32,36). The molecule has 2 aromatic carbocycles. The van der Waals surface area contributed by atoms with Crippen molar-refractivity contribution >= 4 is 22.9 Å². The maximum atomic E-state index is 14.2. The topological polar surface area (TPSA) is 112 Å². The quantitative estimate of drug-likeness (QED) is 0.165. The molecule has 0 fully saturated rings. The van der Waals surface area contributed by atoms with Crippen LogP contribution in [-0.4, -0.2) is 31.6 Å². The van der Waals surface area contributed by atoms with Gasteiger partial charge >= 0.3 is 12.1 Å². The number of benzene rings is 2. The van der Waals surface area contributed by atoms with E-state index < -0.39 is 45.7 Å². The van der Waals surface area contributed by atoms with E-state index in [-0.39, 0.29) is 21.6 Å². The fourth-order valence-corrected chi connectivity index (χ4v) is 3.83. The van der Waals surface area contributed by atoms with E-state index in [0.29, 0.717) is 11.8 Å². The lowest BCUT2D eigenvalue weighted by atomic mass is 10.1. The SMILES string of the molecule is Cc1cc(C)c(C)c(Oc2cc(NC(=O)c3cc4nc(C)cc(C(F)(F)C(F)(F)F)n4n3)cc([N+](=O)[O-])c2)c1. The molecule has 0 bridgehead atoms. The normalized spacial score (nSPS) is 12.0. The second-order valence-electron chi connectivity index (χ2n) is 8.89. The molecular weight excluding hydrogens is 529 g/mol. The molecule has 0 atom stereocenters. The van der Waals surface area contributed by atoms with Gasteiger partial charge in [-0.25, -0.2) is 9.50 Å². The van der Waals surface area contributed by atoms with Gasteiger partial charge in [0.15, 0.2) is 11.3 Å². The van der Waals surface area contributed by atoms with Crippen molar-refractivity contribution in [1.29, 1.82) is 0 Å². The van der Waals surface area contributed by atoms with Gasteiger partial charge in [0.2, 0.25) is 0 Å². The average molecular weight is 549 g/mol. The molecule has 0 saturated carbocycles. The van der Waals surface area contributed by atoms with Gasteiger partial charge in [-0.2, -0.15) is 27.1 Å². The number of non-ortho nitro benzene ring substituents is 1. The van der Waals surface area contributed by atoms with Crippen LogP contribution in [0, 0.1) is 37.8 Å². The Bertz CT molecular complexity index is 1630. The molecule has 2 heterocycles. The van der Waals surface area contributed by atoms with Crippen LogP contribution < -0.4 is 10.1 Å². The zero-order valence-electron chi connectivity index (χ0n) is 20.9. The number of rotatable bonds is 6. The highest BCUT2D eigenvalue weighted by atomic mass is 19.4. The van der Waals surface area contributed by atoms with Gasteiger partial charge in [-0.1, -0.05) is 6.07 Å². The number of ether oxygens (including phenoxy) is 1. The number of amides is 1. The second-order valence-corrected chi connectivity index (χ2v) is 8.89. The summed E-state index contributed by atoms with van der Waals surface area (Å²) in [6, 6.07) is 8.59. The van der Waals surface area contributed by atoms with Crippen molar-refractivity contribution in [3.8, 4) is 11.5 Å². The van der Waals surface area contributed by atoms with Crippen molar-refractivity contribution in [2.75, 3.05) is 5.32 Å². The number of alkyl halides is 5. The summed E-state index contributed by atoms with van der Waals surface area (Å²) in [5.74, 6) is -5.86. The van der Waals surface area contributed by atoms with Crippen LogP contribution in [0.1, 0.15) is 38.6 Å². The summed E-state index contributed by atoms with van der Waals surface area (Å²) >= 11 is 0. The first-order valence-electron chi connectivity index (χ1n) is 11.3. The molecule has 0 aliphatic rings. The predicted molar refractivity (Wildman–Crippen MR) is 129 cm³/mol. The minimum Gasteiger partial charge on any atom is -0.457 e. The van der Waals surface area contributed by atoms with E-state index in [1.165, 1.54) is 13.0 Å².